The lowest BCUT2D eigenvalue weighted by atomic mass is 10.1. The summed E-state index contributed by atoms with van der Waals surface area (Å²) >= 11 is 8.55. The Morgan fingerprint density at radius 2 is 1.94 bits per heavy atom. The maximum absolute atomic E-state index is 13.2. The Hall–Kier alpha value is -2.68. The number of aromatic nitrogens is 2. The predicted octanol–water partition coefficient (Wildman–Crippen LogP) is 5.27. The van der Waals surface area contributed by atoms with E-state index in [9.17, 15) is 14.0 Å². The van der Waals surface area contributed by atoms with Crippen LogP contribution in [0.5, 0.6) is 0 Å². The molecule has 4 rings (SSSR count). The summed E-state index contributed by atoms with van der Waals surface area (Å²) < 4.78 is 15.3. The molecule has 0 saturated heterocycles. The molecule has 2 heterocycles. The maximum Gasteiger partial charge on any atom is 0.276 e. The minimum Gasteiger partial charge on any atom is -0.351 e. The largest absolute Gasteiger partial charge is 0.351 e. The van der Waals surface area contributed by atoms with Crippen molar-refractivity contribution >= 4 is 50.8 Å². The van der Waals surface area contributed by atoms with Gasteiger partial charge in [0.05, 0.1) is 17.0 Å². The van der Waals surface area contributed by atoms with Crippen molar-refractivity contribution in [2.45, 2.75) is 25.5 Å². The van der Waals surface area contributed by atoms with Gasteiger partial charge in [-0.05, 0) is 66.2 Å². The van der Waals surface area contributed by atoms with Crippen LogP contribution in [0.15, 0.2) is 57.8 Å². The van der Waals surface area contributed by atoms with Crippen LogP contribution in [0.1, 0.15) is 16.7 Å². The smallest absolute Gasteiger partial charge is 0.276 e. The molecule has 0 aliphatic heterocycles. The number of aryl methyl sites for hydroxylation is 2. The van der Waals surface area contributed by atoms with E-state index in [-0.39, 0.29) is 28.8 Å². The number of nitrogens with zero attached hydrogens (tertiary/aromatic N) is 2. The number of nitrogens with one attached hydrogen (secondary N) is 1. The van der Waals surface area contributed by atoms with Gasteiger partial charge in [-0.1, -0.05) is 35.5 Å². The van der Waals surface area contributed by atoms with E-state index in [1.807, 2.05) is 37.4 Å². The average molecular weight is 488 g/mol. The van der Waals surface area contributed by atoms with Crippen molar-refractivity contribution in [2.24, 2.45) is 0 Å². The summed E-state index contributed by atoms with van der Waals surface area (Å²) in [5.41, 5.74) is 3.86. The highest BCUT2D eigenvalue weighted by Gasteiger charge is 2.16. The number of benzene rings is 2. The molecular weight excluding hydrogens is 469 g/mol. The Morgan fingerprint density at radius 1 is 1.19 bits per heavy atom. The van der Waals surface area contributed by atoms with Crippen molar-refractivity contribution in [3.8, 4) is 5.69 Å². The Labute approximate surface area is 197 Å². The van der Waals surface area contributed by atoms with Gasteiger partial charge >= 0.3 is 0 Å². The fourth-order valence-electron chi connectivity index (χ4n) is 3.34. The van der Waals surface area contributed by atoms with Crippen molar-refractivity contribution in [3.05, 3.63) is 85.7 Å². The zero-order valence-corrected chi connectivity index (χ0v) is 19.7. The van der Waals surface area contributed by atoms with E-state index in [4.69, 9.17) is 11.6 Å². The first kappa shape index (κ1) is 22.5. The second-order valence-corrected chi connectivity index (χ2v) is 9.58. The van der Waals surface area contributed by atoms with Gasteiger partial charge in [0.2, 0.25) is 5.91 Å². The third-order valence-corrected chi connectivity index (χ3v) is 6.92. The van der Waals surface area contributed by atoms with Gasteiger partial charge in [0.1, 0.15) is 10.5 Å². The van der Waals surface area contributed by atoms with Gasteiger partial charge in [-0.15, -0.1) is 11.3 Å². The van der Waals surface area contributed by atoms with Gasteiger partial charge in [-0.2, -0.15) is 0 Å². The minimum absolute atomic E-state index is 0.0612. The molecule has 1 N–H and O–H groups in total. The molecule has 0 saturated carbocycles. The van der Waals surface area contributed by atoms with Gasteiger partial charge < -0.3 is 5.32 Å². The Kier molecular flexibility index (Phi) is 6.64. The molecule has 0 aliphatic carbocycles. The van der Waals surface area contributed by atoms with Crippen LogP contribution in [0.4, 0.5) is 4.39 Å². The predicted molar refractivity (Wildman–Crippen MR) is 129 cm³/mol. The number of hydrogen-bond acceptors (Lipinski definition) is 5. The zero-order chi connectivity index (χ0) is 22.8. The van der Waals surface area contributed by atoms with Gasteiger partial charge in [0, 0.05) is 11.6 Å². The third-order valence-electron chi connectivity index (χ3n) is 4.74. The highest BCUT2D eigenvalue weighted by atomic mass is 35.5. The van der Waals surface area contributed by atoms with Crippen molar-refractivity contribution < 1.29 is 9.18 Å². The lowest BCUT2D eigenvalue weighted by Crippen LogP contribution is -2.26. The number of rotatable bonds is 6. The quantitative estimate of drug-likeness (QED) is 0.297. The molecule has 0 radical (unpaired) electrons. The van der Waals surface area contributed by atoms with E-state index in [1.54, 1.807) is 10.6 Å². The molecule has 5 nitrogen and oxygen atoms in total. The molecule has 2 aromatic heterocycles. The minimum atomic E-state index is -0.431. The first-order valence-electron chi connectivity index (χ1n) is 9.74. The van der Waals surface area contributed by atoms with E-state index >= 15 is 0 Å². The van der Waals surface area contributed by atoms with Crippen LogP contribution in [0, 0.1) is 19.7 Å². The summed E-state index contributed by atoms with van der Waals surface area (Å²) in [4.78, 5) is 30.3. The second kappa shape index (κ2) is 9.44. The molecular formula is C23H19ClFN3O2S2. The fraction of sp³-hybridized carbons (Fsp3) is 0.174. The van der Waals surface area contributed by atoms with Crippen molar-refractivity contribution in [1.82, 2.24) is 14.9 Å². The van der Waals surface area contributed by atoms with Crippen LogP contribution < -0.4 is 10.9 Å². The number of thioether (sulfide) groups is 1. The summed E-state index contributed by atoms with van der Waals surface area (Å²) in [5, 5.41) is 5.31. The molecule has 1 amide bonds. The zero-order valence-electron chi connectivity index (χ0n) is 17.3. The number of amides is 1. The average Bonchev–Trinajstić information content (AvgIpc) is 3.20. The number of thiophene rings is 1. The lowest BCUT2D eigenvalue weighted by molar-refractivity contribution is -0.118. The maximum atomic E-state index is 13.2. The van der Waals surface area contributed by atoms with E-state index in [0.29, 0.717) is 20.9 Å². The second-order valence-electron chi connectivity index (χ2n) is 7.32. The van der Waals surface area contributed by atoms with Crippen LogP contribution >= 0.6 is 34.7 Å². The van der Waals surface area contributed by atoms with E-state index in [0.717, 1.165) is 16.8 Å². The normalized spacial score (nSPS) is 11.1. The molecule has 2 aromatic carbocycles. The van der Waals surface area contributed by atoms with Crippen LogP contribution in [0.25, 0.3) is 15.9 Å². The Bertz CT molecular complexity index is 1360. The summed E-state index contributed by atoms with van der Waals surface area (Å²) in [6.07, 6.45) is 0. The molecule has 0 atom stereocenters. The van der Waals surface area contributed by atoms with Gasteiger partial charge in [0.25, 0.3) is 5.56 Å². The van der Waals surface area contributed by atoms with Crippen molar-refractivity contribution in [1.29, 1.82) is 0 Å². The number of carbonyl (C=O) groups is 1. The fourth-order valence-corrected chi connectivity index (χ4v) is 5.17. The van der Waals surface area contributed by atoms with E-state index in [2.05, 4.69) is 10.3 Å². The van der Waals surface area contributed by atoms with Gasteiger partial charge in [-0.25, -0.2) is 9.37 Å². The Balaban J connectivity index is 1.58. The lowest BCUT2D eigenvalue weighted by Gasteiger charge is -2.13. The first-order chi connectivity index (χ1) is 15.3. The SMILES string of the molecule is Cc1cc(C)cc(-n2c(SCC(=O)NCc3ccc(F)cc3Cl)nc3ccsc3c2=O)c1. The first-order valence-corrected chi connectivity index (χ1v) is 12.0. The molecule has 0 fully saturated rings. The molecule has 0 unspecified atom stereocenters. The van der Waals surface area contributed by atoms with Crippen LogP contribution in [-0.4, -0.2) is 21.2 Å². The molecule has 164 valence electrons. The number of halogens is 2. The summed E-state index contributed by atoms with van der Waals surface area (Å²) in [5.74, 6) is -0.618. The summed E-state index contributed by atoms with van der Waals surface area (Å²) in [6, 6.07) is 11.7. The van der Waals surface area contributed by atoms with Crippen molar-refractivity contribution in [3.63, 3.8) is 0 Å². The van der Waals surface area contributed by atoms with Gasteiger partial charge in [0.15, 0.2) is 5.16 Å². The summed E-state index contributed by atoms with van der Waals surface area (Å²) in [7, 11) is 0. The highest BCUT2D eigenvalue weighted by molar-refractivity contribution is 7.99. The highest BCUT2D eigenvalue weighted by Crippen LogP contribution is 2.25. The molecule has 0 spiro atoms. The molecule has 32 heavy (non-hydrogen) atoms. The van der Waals surface area contributed by atoms with Crippen LogP contribution in [0.2, 0.25) is 5.02 Å². The van der Waals surface area contributed by atoms with E-state index < -0.39 is 5.82 Å². The van der Waals surface area contributed by atoms with Gasteiger partial charge in [-0.3, -0.25) is 14.2 Å². The monoisotopic (exact) mass is 487 g/mol. The third kappa shape index (κ3) is 4.87. The topological polar surface area (TPSA) is 64.0 Å². The van der Waals surface area contributed by atoms with E-state index in [1.165, 1.54) is 41.3 Å². The number of fused-ring (bicyclic) bond motifs is 1. The molecule has 0 aliphatic rings. The van der Waals surface area contributed by atoms with Crippen LogP contribution in [0.3, 0.4) is 0 Å². The summed E-state index contributed by atoms with van der Waals surface area (Å²) in [6.45, 7) is 4.12. The van der Waals surface area contributed by atoms with Crippen molar-refractivity contribution in [2.75, 3.05) is 5.75 Å². The number of carbonyl (C=O) groups excluding carboxylic acids is 1. The Morgan fingerprint density at radius 3 is 2.66 bits per heavy atom. The van der Waals surface area contributed by atoms with Crippen LogP contribution in [-0.2, 0) is 11.3 Å². The molecule has 0 bridgehead atoms. The molecule has 9 heteroatoms. The molecule has 4 aromatic rings. The number of hydrogen-bond donors (Lipinski definition) is 1. The standard InChI is InChI=1S/C23H19ClFN3O2S2/c1-13-7-14(2)9-17(8-13)28-22(30)21-19(5-6-31-21)27-23(28)32-12-20(29)26-11-15-3-4-16(25)10-18(15)24/h3-10H,11-12H2,1-2H3,(H,26,29).